The molecular formula is C34H42N4O6. The third-order valence-corrected chi connectivity index (χ3v) is 8.91. The van der Waals surface area contributed by atoms with Crippen molar-refractivity contribution < 1.29 is 29.0 Å². The van der Waals surface area contributed by atoms with Crippen LogP contribution in [-0.4, -0.2) is 81.6 Å². The third-order valence-electron chi connectivity index (χ3n) is 8.91. The highest BCUT2D eigenvalue weighted by Crippen LogP contribution is 2.37. The number of ether oxygens (including phenoxy) is 1. The van der Waals surface area contributed by atoms with E-state index in [-0.39, 0.29) is 17.7 Å². The lowest BCUT2D eigenvalue weighted by atomic mass is 9.72. The van der Waals surface area contributed by atoms with Crippen LogP contribution in [0.15, 0.2) is 60.8 Å². The minimum Gasteiger partial charge on any atom is -0.481 e. The molecule has 1 aromatic heterocycles. The van der Waals surface area contributed by atoms with E-state index in [4.69, 9.17) is 4.74 Å². The molecule has 2 aliphatic rings. The maximum absolute atomic E-state index is 13.8. The lowest BCUT2D eigenvalue weighted by Gasteiger charge is -2.41. The normalized spacial score (nSPS) is 18.1. The van der Waals surface area contributed by atoms with Gasteiger partial charge in [0.25, 0.3) is 0 Å². The Morgan fingerprint density at radius 2 is 1.59 bits per heavy atom. The molecule has 0 radical (unpaired) electrons. The summed E-state index contributed by atoms with van der Waals surface area (Å²) in [5, 5.41) is 13.9. The number of H-pyrrole nitrogens is 1. The van der Waals surface area contributed by atoms with Crippen molar-refractivity contribution in [1.29, 1.82) is 0 Å². The topological polar surface area (TPSA) is 132 Å². The average Bonchev–Trinajstić information content (AvgIpc) is 3.42. The number of carbonyl (C=O) groups is 4. The first kappa shape index (κ1) is 31.1. The highest BCUT2D eigenvalue weighted by atomic mass is 16.6. The van der Waals surface area contributed by atoms with Crippen LogP contribution in [0.25, 0.3) is 10.9 Å². The Balaban J connectivity index is 1.21. The lowest BCUT2D eigenvalue weighted by Crippen LogP contribution is -2.54. The summed E-state index contributed by atoms with van der Waals surface area (Å²) in [6, 6.07) is 16.2. The van der Waals surface area contributed by atoms with Crippen molar-refractivity contribution in [3.63, 3.8) is 0 Å². The van der Waals surface area contributed by atoms with Gasteiger partial charge in [0.2, 0.25) is 11.8 Å². The Bertz CT molecular complexity index is 1490. The molecule has 2 saturated heterocycles. The highest BCUT2D eigenvalue weighted by Gasteiger charge is 2.45. The van der Waals surface area contributed by atoms with Crippen LogP contribution >= 0.6 is 0 Å². The number of nitrogens with zero attached hydrogens (tertiary/aromatic N) is 2. The minimum absolute atomic E-state index is 0.0198. The fraction of sp³-hybridized carbons (Fsp3) is 0.471. The molecule has 1 atom stereocenters. The number of aliphatic carboxylic acids is 1. The molecule has 44 heavy (non-hydrogen) atoms. The monoisotopic (exact) mass is 602 g/mol. The largest absolute Gasteiger partial charge is 0.481 e. The zero-order valence-electron chi connectivity index (χ0n) is 25.7. The van der Waals surface area contributed by atoms with Gasteiger partial charge >= 0.3 is 12.1 Å². The van der Waals surface area contributed by atoms with E-state index in [1.54, 1.807) is 30.6 Å². The molecule has 234 valence electrons. The summed E-state index contributed by atoms with van der Waals surface area (Å²) >= 11 is 0. The summed E-state index contributed by atoms with van der Waals surface area (Å²) in [5.74, 6) is -1.28. The van der Waals surface area contributed by atoms with Gasteiger partial charge in [0.15, 0.2) is 0 Å². The summed E-state index contributed by atoms with van der Waals surface area (Å²) in [4.78, 5) is 59.1. The van der Waals surface area contributed by atoms with Crippen molar-refractivity contribution in [3.05, 3.63) is 71.9 Å². The van der Waals surface area contributed by atoms with Crippen molar-refractivity contribution in [2.75, 3.05) is 26.2 Å². The number of para-hydroxylation sites is 1. The maximum atomic E-state index is 13.8. The van der Waals surface area contributed by atoms with Crippen LogP contribution in [0.5, 0.6) is 0 Å². The molecule has 10 nitrogen and oxygen atoms in total. The Morgan fingerprint density at radius 3 is 2.23 bits per heavy atom. The minimum atomic E-state index is -0.991. The Hall–Kier alpha value is -4.34. The van der Waals surface area contributed by atoms with Crippen molar-refractivity contribution >= 4 is 34.8 Å². The molecule has 3 N–H and O–H groups in total. The van der Waals surface area contributed by atoms with Gasteiger partial charge in [-0.05, 0) is 63.6 Å². The van der Waals surface area contributed by atoms with E-state index in [9.17, 15) is 24.3 Å². The number of hydrogen-bond acceptors (Lipinski definition) is 5. The first-order valence-corrected chi connectivity index (χ1v) is 15.4. The molecule has 0 spiro atoms. The second-order valence-electron chi connectivity index (χ2n) is 12.9. The van der Waals surface area contributed by atoms with Crippen LogP contribution in [0.2, 0.25) is 0 Å². The molecule has 3 amide bonds. The number of fused-ring (bicyclic) bond motifs is 1. The number of piperidine rings is 2. The van der Waals surface area contributed by atoms with E-state index in [2.05, 4.69) is 10.3 Å². The van der Waals surface area contributed by atoms with E-state index in [0.29, 0.717) is 58.3 Å². The quantitative estimate of drug-likeness (QED) is 0.365. The van der Waals surface area contributed by atoms with Crippen LogP contribution in [0, 0.1) is 5.92 Å². The smallest absolute Gasteiger partial charge is 0.408 e. The first-order valence-electron chi connectivity index (χ1n) is 15.4. The average molecular weight is 603 g/mol. The maximum Gasteiger partial charge on any atom is 0.408 e. The van der Waals surface area contributed by atoms with Crippen LogP contribution in [0.4, 0.5) is 4.79 Å². The SMILES string of the molecule is CC(C)(C)OC(=O)N[C@@H](Cc1c[nH]c2ccccc12)C(=O)N1CCC(C(=O)N2CCC(C(=O)O)(c3ccccc3)CC2)CC1. The highest BCUT2D eigenvalue weighted by molar-refractivity contribution is 5.89. The predicted octanol–water partition coefficient (Wildman–Crippen LogP) is 4.49. The number of benzene rings is 2. The first-order chi connectivity index (χ1) is 21.0. The number of alkyl carbamates (subject to hydrolysis) is 1. The van der Waals surface area contributed by atoms with Gasteiger partial charge < -0.3 is 29.9 Å². The molecule has 2 fully saturated rings. The molecule has 0 saturated carbocycles. The molecular weight excluding hydrogens is 560 g/mol. The molecule has 2 aromatic carbocycles. The van der Waals surface area contributed by atoms with Crippen LogP contribution in [-0.2, 0) is 31.0 Å². The van der Waals surface area contributed by atoms with Crippen LogP contribution in [0.3, 0.4) is 0 Å². The van der Waals surface area contributed by atoms with Crippen molar-refractivity contribution in [1.82, 2.24) is 20.1 Å². The number of hydrogen-bond donors (Lipinski definition) is 3. The second-order valence-corrected chi connectivity index (χ2v) is 12.9. The number of amides is 3. The summed E-state index contributed by atoms with van der Waals surface area (Å²) in [7, 11) is 0. The zero-order chi connectivity index (χ0) is 31.5. The molecule has 0 aliphatic carbocycles. The van der Waals surface area contributed by atoms with E-state index in [0.717, 1.165) is 22.0 Å². The molecule has 0 unspecified atom stereocenters. The summed E-state index contributed by atoms with van der Waals surface area (Å²) in [5.41, 5.74) is 0.935. The summed E-state index contributed by atoms with van der Waals surface area (Å²) in [6.07, 6.45) is 3.25. The van der Waals surface area contributed by atoms with E-state index >= 15 is 0 Å². The number of aromatic amines is 1. The number of aromatic nitrogens is 1. The predicted molar refractivity (Wildman–Crippen MR) is 166 cm³/mol. The number of likely N-dealkylation sites (tertiary alicyclic amines) is 2. The number of carboxylic acid groups (broad SMARTS) is 1. The second kappa shape index (κ2) is 12.7. The molecule has 10 heteroatoms. The fourth-order valence-electron chi connectivity index (χ4n) is 6.49. The van der Waals surface area contributed by atoms with Gasteiger partial charge in [0.05, 0.1) is 5.41 Å². The standard InChI is InChI=1S/C34H42N4O6/c1-33(2,3)44-32(43)36-28(21-24-22-35-27-12-8-7-11-26(24)27)30(40)37-17-13-23(14-18-37)29(39)38-19-15-34(16-20-38,31(41)42)25-9-5-4-6-10-25/h4-12,22-23,28,35H,13-21H2,1-3H3,(H,36,43)(H,41,42)/t28-/m0/s1. The summed E-state index contributed by atoms with van der Waals surface area (Å²) < 4.78 is 5.47. The van der Waals surface area contributed by atoms with E-state index in [1.807, 2.05) is 60.8 Å². The van der Waals surface area contributed by atoms with Gasteiger partial charge in [-0.25, -0.2) is 4.79 Å². The van der Waals surface area contributed by atoms with Gasteiger partial charge in [0, 0.05) is 55.6 Å². The summed E-state index contributed by atoms with van der Waals surface area (Å²) in [6.45, 7) is 6.87. The Labute approximate surface area is 257 Å². The molecule has 3 heterocycles. The van der Waals surface area contributed by atoms with E-state index in [1.165, 1.54) is 0 Å². The Morgan fingerprint density at radius 1 is 0.955 bits per heavy atom. The number of carboxylic acids is 1. The third kappa shape index (κ3) is 6.74. The van der Waals surface area contributed by atoms with Gasteiger partial charge in [-0.2, -0.15) is 0 Å². The fourth-order valence-corrected chi connectivity index (χ4v) is 6.49. The van der Waals surface area contributed by atoms with Crippen LogP contribution in [0.1, 0.15) is 57.6 Å². The number of rotatable bonds is 7. The molecule has 2 aliphatic heterocycles. The van der Waals surface area contributed by atoms with Gasteiger partial charge in [-0.3, -0.25) is 14.4 Å². The van der Waals surface area contributed by atoms with Gasteiger partial charge in [0.1, 0.15) is 11.6 Å². The van der Waals surface area contributed by atoms with Crippen molar-refractivity contribution in [2.45, 2.75) is 69.9 Å². The number of nitrogens with one attached hydrogen (secondary N) is 2. The van der Waals surface area contributed by atoms with Crippen molar-refractivity contribution in [2.24, 2.45) is 5.92 Å². The van der Waals surface area contributed by atoms with Gasteiger partial charge in [-0.15, -0.1) is 0 Å². The van der Waals surface area contributed by atoms with Crippen LogP contribution < -0.4 is 5.32 Å². The number of carbonyl (C=O) groups excluding carboxylic acids is 3. The lowest BCUT2D eigenvalue weighted by molar-refractivity contribution is -0.150. The van der Waals surface area contributed by atoms with Gasteiger partial charge in [-0.1, -0.05) is 48.5 Å². The molecule has 0 bridgehead atoms. The molecule has 5 rings (SSSR count). The zero-order valence-corrected chi connectivity index (χ0v) is 25.7. The van der Waals surface area contributed by atoms with Crippen molar-refractivity contribution in [3.8, 4) is 0 Å². The van der Waals surface area contributed by atoms with E-state index < -0.39 is 29.1 Å². The Kier molecular flexibility index (Phi) is 8.99. The molecule has 3 aromatic rings.